The average Bonchev–Trinajstić information content (AvgIpc) is 2.54. The van der Waals surface area contributed by atoms with Gasteiger partial charge in [-0.15, -0.1) is 0 Å². The normalized spacial score (nSPS) is 11.6. The van der Waals surface area contributed by atoms with Crippen LogP contribution in [0.1, 0.15) is 17.0 Å². The van der Waals surface area contributed by atoms with Crippen molar-refractivity contribution in [1.82, 2.24) is 9.55 Å². The molecule has 0 aliphatic carbocycles. The number of H-pyrrole nitrogens is 1. The SMILES string of the molecule is Cc1cc(=O)c2ccc3c(C)c(C)n(C)c3c2[nH]1. The molecule has 0 aliphatic heterocycles. The minimum Gasteiger partial charge on any atom is -0.357 e. The largest absolute Gasteiger partial charge is 0.357 e. The van der Waals surface area contributed by atoms with Crippen LogP contribution < -0.4 is 5.43 Å². The van der Waals surface area contributed by atoms with E-state index in [1.165, 1.54) is 16.6 Å². The molecule has 2 aromatic heterocycles. The quantitative estimate of drug-likeness (QED) is 0.644. The monoisotopic (exact) mass is 240 g/mol. The summed E-state index contributed by atoms with van der Waals surface area (Å²) in [5.41, 5.74) is 5.55. The Labute approximate surface area is 105 Å². The molecule has 0 saturated carbocycles. The summed E-state index contributed by atoms with van der Waals surface area (Å²) in [5, 5.41) is 1.97. The smallest absolute Gasteiger partial charge is 0.189 e. The Kier molecular flexibility index (Phi) is 2.14. The molecule has 2 heterocycles. The van der Waals surface area contributed by atoms with Crippen molar-refractivity contribution in [2.24, 2.45) is 7.05 Å². The van der Waals surface area contributed by atoms with Crippen molar-refractivity contribution in [2.75, 3.05) is 0 Å². The van der Waals surface area contributed by atoms with E-state index < -0.39 is 0 Å². The minimum atomic E-state index is 0.0830. The maximum atomic E-state index is 12.0. The van der Waals surface area contributed by atoms with Crippen molar-refractivity contribution in [3.8, 4) is 0 Å². The Balaban J connectivity index is 2.69. The van der Waals surface area contributed by atoms with Gasteiger partial charge in [0.15, 0.2) is 5.43 Å². The standard InChI is InChI=1S/C15H16N2O/c1-8-7-13(18)12-6-5-11-9(2)10(3)17(4)15(11)14(12)16-8/h5-7H,1-4H3,(H,16,18). The lowest BCUT2D eigenvalue weighted by atomic mass is 10.1. The van der Waals surface area contributed by atoms with E-state index in [9.17, 15) is 4.79 Å². The number of pyridine rings is 1. The van der Waals surface area contributed by atoms with Crippen LogP contribution in [0.3, 0.4) is 0 Å². The Bertz CT molecular complexity index is 837. The molecule has 3 nitrogen and oxygen atoms in total. The molecule has 0 spiro atoms. The van der Waals surface area contributed by atoms with Gasteiger partial charge in [0.2, 0.25) is 0 Å². The number of benzene rings is 1. The molecule has 3 rings (SSSR count). The summed E-state index contributed by atoms with van der Waals surface area (Å²) >= 11 is 0. The van der Waals surface area contributed by atoms with Gasteiger partial charge < -0.3 is 9.55 Å². The number of aromatic nitrogens is 2. The third-order valence-corrected chi connectivity index (χ3v) is 3.90. The van der Waals surface area contributed by atoms with Crippen LogP contribution in [0.2, 0.25) is 0 Å². The number of hydrogen-bond donors (Lipinski definition) is 1. The van der Waals surface area contributed by atoms with Crippen LogP contribution in [0.4, 0.5) is 0 Å². The summed E-state index contributed by atoms with van der Waals surface area (Å²) in [7, 11) is 2.05. The van der Waals surface area contributed by atoms with Gasteiger partial charge in [0.05, 0.1) is 11.0 Å². The minimum absolute atomic E-state index is 0.0830. The number of rotatable bonds is 0. The van der Waals surface area contributed by atoms with Crippen molar-refractivity contribution in [3.63, 3.8) is 0 Å². The predicted octanol–water partition coefficient (Wildman–Crippen LogP) is 2.95. The second-order valence-electron chi connectivity index (χ2n) is 4.97. The number of aromatic amines is 1. The number of nitrogens with zero attached hydrogens (tertiary/aromatic N) is 1. The zero-order valence-electron chi connectivity index (χ0n) is 11.1. The molecule has 0 aliphatic rings. The topological polar surface area (TPSA) is 37.8 Å². The zero-order chi connectivity index (χ0) is 13.0. The molecule has 0 atom stereocenters. The number of aryl methyl sites for hydroxylation is 3. The van der Waals surface area contributed by atoms with E-state index in [4.69, 9.17) is 0 Å². The van der Waals surface area contributed by atoms with Gasteiger partial charge in [0.1, 0.15) is 0 Å². The molecule has 3 aromatic rings. The first-order chi connectivity index (χ1) is 8.50. The first-order valence-corrected chi connectivity index (χ1v) is 6.09. The molecule has 18 heavy (non-hydrogen) atoms. The number of fused-ring (bicyclic) bond motifs is 3. The third-order valence-electron chi connectivity index (χ3n) is 3.90. The molecule has 0 saturated heterocycles. The number of nitrogens with one attached hydrogen (secondary N) is 1. The lowest BCUT2D eigenvalue weighted by Crippen LogP contribution is -2.04. The van der Waals surface area contributed by atoms with Crippen LogP contribution in [0, 0.1) is 20.8 Å². The summed E-state index contributed by atoms with van der Waals surface area (Å²) < 4.78 is 2.16. The van der Waals surface area contributed by atoms with Crippen LogP contribution in [-0.2, 0) is 7.05 Å². The molecular weight excluding hydrogens is 224 g/mol. The van der Waals surface area contributed by atoms with Gasteiger partial charge in [0, 0.05) is 35.3 Å². The summed E-state index contributed by atoms with van der Waals surface area (Å²) in [4.78, 5) is 15.4. The maximum absolute atomic E-state index is 12.0. The Hall–Kier alpha value is -2.03. The molecule has 92 valence electrons. The van der Waals surface area contributed by atoms with E-state index in [1.807, 2.05) is 26.1 Å². The van der Waals surface area contributed by atoms with Gasteiger partial charge in [-0.05, 0) is 32.4 Å². The third kappa shape index (κ3) is 1.27. The highest BCUT2D eigenvalue weighted by atomic mass is 16.1. The van der Waals surface area contributed by atoms with Gasteiger partial charge in [-0.2, -0.15) is 0 Å². The second kappa shape index (κ2) is 3.48. The maximum Gasteiger partial charge on any atom is 0.189 e. The van der Waals surface area contributed by atoms with Crippen LogP contribution in [-0.4, -0.2) is 9.55 Å². The summed E-state index contributed by atoms with van der Waals surface area (Å²) in [6.45, 7) is 6.15. The van der Waals surface area contributed by atoms with Crippen molar-refractivity contribution in [3.05, 3.63) is 45.4 Å². The van der Waals surface area contributed by atoms with E-state index in [0.717, 1.165) is 22.1 Å². The molecule has 3 heteroatoms. The van der Waals surface area contributed by atoms with Crippen LogP contribution in [0.25, 0.3) is 21.8 Å². The van der Waals surface area contributed by atoms with Crippen molar-refractivity contribution in [2.45, 2.75) is 20.8 Å². The summed E-state index contributed by atoms with van der Waals surface area (Å²) in [6, 6.07) is 5.61. The molecule has 0 bridgehead atoms. The van der Waals surface area contributed by atoms with Gasteiger partial charge in [-0.25, -0.2) is 0 Å². The van der Waals surface area contributed by atoms with E-state index in [0.29, 0.717) is 0 Å². The fourth-order valence-corrected chi connectivity index (χ4v) is 2.70. The van der Waals surface area contributed by atoms with E-state index in [-0.39, 0.29) is 5.43 Å². The zero-order valence-corrected chi connectivity index (χ0v) is 11.1. The first-order valence-electron chi connectivity index (χ1n) is 6.09. The Morgan fingerprint density at radius 3 is 2.50 bits per heavy atom. The Morgan fingerprint density at radius 2 is 1.78 bits per heavy atom. The van der Waals surface area contributed by atoms with Crippen LogP contribution in [0.5, 0.6) is 0 Å². The van der Waals surface area contributed by atoms with Crippen molar-refractivity contribution < 1.29 is 0 Å². The molecule has 1 N–H and O–H groups in total. The lowest BCUT2D eigenvalue weighted by Gasteiger charge is -2.05. The van der Waals surface area contributed by atoms with E-state index in [2.05, 4.69) is 23.4 Å². The molecule has 0 fully saturated rings. The summed E-state index contributed by atoms with van der Waals surface area (Å²) in [6.07, 6.45) is 0. The first kappa shape index (κ1) is 11.1. The van der Waals surface area contributed by atoms with Crippen molar-refractivity contribution >= 4 is 21.8 Å². The van der Waals surface area contributed by atoms with Gasteiger partial charge in [-0.1, -0.05) is 6.07 Å². The van der Waals surface area contributed by atoms with Gasteiger partial charge in [-0.3, -0.25) is 4.79 Å². The average molecular weight is 240 g/mol. The summed E-state index contributed by atoms with van der Waals surface area (Å²) in [5.74, 6) is 0. The van der Waals surface area contributed by atoms with Crippen LogP contribution >= 0.6 is 0 Å². The lowest BCUT2D eigenvalue weighted by molar-refractivity contribution is 0.912. The second-order valence-corrected chi connectivity index (χ2v) is 4.97. The fourth-order valence-electron chi connectivity index (χ4n) is 2.70. The highest BCUT2D eigenvalue weighted by Gasteiger charge is 2.12. The fraction of sp³-hybridized carbons (Fsp3) is 0.267. The van der Waals surface area contributed by atoms with E-state index in [1.54, 1.807) is 6.07 Å². The molecule has 0 unspecified atom stereocenters. The van der Waals surface area contributed by atoms with Gasteiger partial charge >= 0.3 is 0 Å². The van der Waals surface area contributed by atoms with Gasteiger partial charge in [0.25, 0.3) is 0 Å². The molecule has 0 amide bonds. The highest BCUT2D eigenvalue weighted by molar-refractivity contribution is 6.05. The molecule has 0 radical (unpaired) electrons. The van der Waals surface area contributed by atoms with Crippen molar-refractivity contribution in [1.29, 1.82) is 0 Å². The predicted molar refractivity (Wildman–Crippen MR) is 75.3 cm³/mol. The molecule has 1 aromatic carbocycles. The number of hydrogen-bond acceptors (Lipinski definition) is 1. The molecular formula is C15H16N2O. The highest BCUT2D eigenvalue weighted by Crippen LogP contribution is 2.28. The van der Waals surface area contributed by atoms with Crippen LogP contribution in [0.15, 0.2) is 23.0 Å². The Morgan fingerprint density at radius 1 is 1.11 bits per heavy atom. The van der Waals surface area contributed by atoms with E-state index >= 15 is 0 Å².